The van der Waals surface area contributed by atoms with Crippen molar-refractivity contribution in [3.63, 3.8) is 0 Å². The molecule has 0 aromatic heterocycles. The van der Waals surface area contributed by atoms with Crippen molar-refractivity contribution in [3.8, 4) is 0 Å². The molecule has 0 amide bonds. The van der Waals surface area contributed by atoms with Gasteiger partial charge in [0.15, 0.2) is 0 Å². The van der Waals surface area contributed by atoms with E-state index in [2.05, 4.69) is 0 Å². The Bertz CT molecular complexity index is 611. The third kappa shape index (κ3) is 4.20. The largest absolute Gasteiger partial charge is 0.481 e. The molecule has 20 heavy (non-hydrogen) atoms. The lowest BCUT2D eigenvalue weighted by atomic mass is 10.1. The summed E-state index contributed by atoms with van der Waals surface area (Å²) in [5.74, 6) is -1.18. The van der Waals surface area contributed by atoms with Crippen LogP contribution in [-0.2, 0) is 21.0 Å². The molecular weight excluding hydrogens is 299 g/mol. The lowest BCUT2D eigenvalue weighted by Crippen LogP contribution is -2.26. The zero-order valence-electron chi connectivity index (χ0n) is 10.4. The summed E-state index contributed by atoms with van der Waals surface area (Å²) < 4.78 is 63.1. The van der Waals surface area contributed by atoms with Crippen LogP contribution in [0.15, 0.2) is 23.1 Å². The van der Waals surface area contributed by atoms with Gasteiger partial charge in [-0.25, -0.2) is 13.1 Å². The number of benzene rings is 1. The second-order valence-corrected chi connectivity index (χ2v) is 5.78. The van der Waals surface area contributed by atoms with Gasteiger partial charge in [-0.3, -0.25) is 4.79 Å². The Hall–Kier alpha value is -1.61. The van der Waals surface area contributed by atoms with Gasteiger partial charge < -0.3 is 5.11 Å². The van der Waals surface area contributed by atoms with E-state index in [4.69, 9.17) is 5.11 Å². The zero-order valence-corrected chi connectivity index (χ0v) is 11.2. The van der Waals surface area contributed by atoms with Gasteiger partial charge in [-0.15, -0.1) is 0 Å². The minimum Gasteiger partial charge on any atom is -0.481 e. The number of carboxylic acid groups (broad SMARTS) is 1. The maximum absolute atomic E-state index is 12.5. The van der Waals surface area contributed by atoms with Crippen LogP contribution in [0.4, 0.5) is 13.2 Å². The van der Waals surface area contributed by atoms with Crippen LogP contribution < -0.4 is 4.72 Å². The van der Waals surface area contributed by atoms with Gasteiger partial charge in [0.25, 0.3) is 0 Å². The van der Waals surface area contributed by atoms with Crippen LogP contribution in [0, 0.1) is 6.92 Å². The van der Waals surface area contributed by atoms with E-state index in [0.717, 1.165) is 19.1 Å². The van der Waals surface area contributed by atoms with Crippen LogP contribution in [0.5, 0.6) is 0 Å². The fraction of sp³-hybridized carbons (Fsp3) is 0.364. The van der Waals surface area contributed by atoms with Gasteiger partial charge in [-0.1, -0.05) is 0 Å². The average Bonchev–Trinajstić information content (AvgIpc) is 2.26. The Morgan fingerprint density at radius 2 is 1.95 bits per heavy atom. The van der Waals surface area contributed by atoms with Crippen molar-refractivity contribution in [1.29, 1.82) is 0 Å². The maximum atomic E-state index is 12.5. The van der Waals surface area contributed by atoms with Gasteiger partial charge >= 0.3 is 12.1 Å². The molecule has 2 N–H and O–H groups in total. The predicted octanol–water partition coefficient (Wildman–Crippen LogP) is 1.77. The van der Waals surface area contributed by atoms with Crippen LogP contribution in [0.2, 0.25) is 0 Å². The van der Waals surface area contributed by atoms with Crippen molar-refractivity contribution < 1.29 is 31.5 Å². The second-order valence-electron chi connectivity index (χ2n) is 4.02. The van der Waals surface area contributed by atoms with E-state index in [1.807, 2.05) is 4.72 Å². The highest BCUT2D eigenvalue weighted by molar-refractivity contribution is 7.89. The minimum atomic E-state index is -4.55. The zero-order chi connectivity index (χ0) is 15.6. The molecule has 0 radical (unpaired) electrons. The molecule has 0 aliphatic rings. The summed E-state index contributed by atoms with van der Waals surface area (Å²) in [6, 6.07) is 2.41. The number of carboxylic acids is 1. The van der Waals surface area contributed by atoms with E-state index >= 15 is 0 Å². The van der Waals surface area contributed by atoms with Crippen molar-refractivity contribution >= 4 is 16.0 Å². The van der Waals surface area contributed by atoms with Crippen LogP contribution >= 0.6 is 0 Å². The smallest absolute Gasteiger partial charge is 0.416 e. The number of halogens is 3. The first kappa shape index (κ1) is 16.4. The molecule has 0 saturated carbocycles. The van der Waals surface area contributed by atoms with Gasteiger partial charge in [0.05, 0.1) is 16.9 Å². The number of hydrogen-bond donors (Lipinski definition) is 2. The van der Waals surface area contributed by atoms with E-state index in [-0.39, 0.29) is 17.0 Å². The van der Waals surface area contributed by atoms with E-state index in [1.165, 1.54) is 0 Å². The van der Waals surface area contributed by atoms with Gasteiger partial charge in [-0.2, -0.15) is 13.2 Å². The summed E-state index contributed by atoms with van der Waals surface area (Å²) in [7, 11) is -4.02. The van der Waals surface area contributed by atoms with E-state index < -0.39 is 34.2 Å². The topological polar surface area (TPSA) is 83.5 Å². The van der Waals surface area contributed by atoms with Crippen molar-refractivity contribution in [2.24, 2.45) is 0 Å². The molecule has 9 heteroatoms. The van der Waals surface area contributed by atoms with Gasteiger partial charge in [0, 0.05) is 6.54 Å². The number of sulfonamides is 1. The molecule has 1 aromatic rings. The summed E-state index contributed by atoms with van der Waals surface area (Å²) in [5.41, 5.74) is -1.14. The lowest BCUT2D eigenvalue weighted by molar-refractivity contribution is -0.138. The molecule has 112 valence electrons. The Kier molecular flexibility index (Phi) is 4.77. The number of nitrogens with one attached hydrogen (secondary N) is 1. The molecule has 0 unspecified atom stereocenters. The fourth-order valence-electron chi connectivity index (χ4n) is 1.50. The highest BCUT2D eigenvalue weighted by atomic mass is 32.2. The molecule has 0 spiro atoms. The SMILES string of the molecule is Cc1cc(S(=O)(=O)NCCC(=O)O)ccc1C(F)(F)F. The number of rotatable bonds is 5. The number of carbonyl (C=O) groups is 1. The molecule has 0 heterocycles. The highest BCUT2D eigenvalue weighted by Crippen LogP contribution is 2.32. The molecule has 0 fully saturated rings. The number of aryl methyl sites for hydroxylation is 1. The Balaban J connectivity index is 2.97. The maximum Gasteiger partial charge on any atom is 0.416 e. The lowest BCUT2D eigenvalue weighted by Gasteiger charge is -2.12. The average molecular weight is 311 g/mol. The molecule has 1 rings (SSSR count). The van der Waals surface area contributed by atoms with Crippen LogP contribution in [0.3, 0.4) is 0 Å². The molecule has 0 bridgehead atoms. The molecule has 0 saturated heterocycles. The number of alkyl halides is 3. The predicted molar refractivity (Wildman–Crippen MR) is 63.6 cm³/mol. The third-order valence-corrected chi connectivity index (χ3v) is 3.90. The normalized spacial score (nSPS) is 12.4. The van der Waals surface area contributed by atoms with E-state index in [0.29, 0.717) is 6.07 Å². The molecular formula is C11H12F3NO4S. The standard InChI is InChI=1S/C11H12F3NO4S/c1-7-6-8(2-3-9(7)11(12,13)14)20(18,19)15-5-4-10(16)17/h2-3,6,15H,4-5H2,1H3,(H,16,17). The summed E-state index contributed by atoms with van der Waals surface area (Å²) >= 11 is 0. The molecule has 0 aliphatic heterocycles. The van der Waals surface area contributed by atoms with Crippen molar-refractivity contribution in [2.75, 3.05) is 6.54 Å². The first-order valence-corrected chi connectivity index (χ1v) is 6.91. The monoisotopic (exact) mass is 311 g/mol. The minimum absolute atomic E-state index is 0.224. The summed E-state index contributed by atoms with van der Waals surface area (Å²) in [6.07, 6.45) is -4.97. The van der Waals surface area contributed by atoms with E-state index in [1.54, 1.807) is 0 Å². The fourth-order valence-corrected chi connectivity index (χ4v) is 2.61. The summed E-state index contributed by atoms with van der Waals surface area (Å²) in [5, 5.41) is 8.39. The van der Waals surface area contributed by atoms with Crippen molar-refractivity contribution in [2.45, 2.75) is 24.4 Å². The first-order chi connectivity index (χ1) is 9.04. The van der Waals surface area contributed by atoms with Gasteiger partial charge in [0.1, 0.15) is 0 Å². The molecule has 5 nitrogen and oxygen atoms in total. The Labute approximate surface area is 113 Å². The van der Waals surface area contributed by atoms with Crippen LogP contribution in [0.1, 0.15) is 17.5 Å². The first-order valence-electron chi connectivity index (χ1n) is 5.43. The third-order valence-electron chi connectivity index (χ3n) is 2.44. The number of hydrogen-bond acceptors (Lipinski definition) is 3. The quantitative estimate of drug-likeness (QED) is 0.868. The van der Waals surface area contributed by atoms with Crippen LogP contribution in [0.25, 0.3) is 0 Å². The Morgan fingerprint density at radius 1 is 1.35 bits per heavy atom. The van der Waals surface area contributed by atoms with Crippen molar-refractivity contribution in [1.82, 2.24) is 4.72 Å². The number of aliphatic carboxylic acids is 1. The van der Waals surface area contributed by atoms with Gasteiger partial charge in [-0.05, 0) is 30.7 Å². The Morgan fingerprint density at radius 3 is 2.40 bits per heavy atom. The molecule has 0 aliphatic carbocycles. The van der Waals surface area contributed by atoms with E-state index in [9.17, 15) is 26.4 Å². The van der Waals surface area contributed by atoms with Crippen LogP contribution in [-0.4, -0.2) is 26.0 Å². The van der Waals surface area contributed by atoms with Gasteiger partial charge in [0.2, 0.25) is 10.0 Å². The second kappa shape index (κ2) is 5.80. The molecule has 0 atom stereocenters. The summed E-state index contributed by atoms with van der Waals surface area (Å²) in [6.45, 7) is 0.816. The molecule has 1 aromatic carbocycles. The highest BCUT2D eigenvalue weighted by Gasteiger charge is 2.32. The summed E-state index contributed by atoms with van der Waals surface area (Å²) in [4.78, 5) is 9.93. The van der Waals surface area contributed by atoms with Crippen molar-refractivity contribution in [3.05, 3.63) is 29.3 Å².